The van der Waals surface area contributed by atoms with Gasteiger partial charge in [-0.1, -0.05) is 24.3 Å². The molecule has 6 nitrogen and oxygen atoms in total. The van der Waals surface area contributed by atoms with E-state index in [1.807, 2.05) is 17.0 Å². The molecule has 0 spiro atoms. The second-order valence-electron chi connectivity index (χ2n) is 6.95. The molecule has 0 aromatic heterocycles. The summed E-state index contributed by atoms with van der Waals surface area (Å²) in [6, 6.07) is 7.29. The molecule has 3 rings (SSSR count). The number of likely N-dealkylation sites (tertiary alicyclic amines) is 1. The average Bonchev–Trinajstić information content (AvgIpc) is 2.68. The highest BCUT2D eigenvalue weighted by atomic mass is 16.5. The van der Waals surface area contributed by atoms with E-state index in [0.29, 0.717) is 18.0 Å². The van der Waals surface area contributed by atoms with Gasteiger partial charge in [0.1, 0.15) is 0 Å². The lowest BCUT2D eigenvalue weighted by molar-refractivity contribution is -0.134. The van der Waals surface area contributed by atoms with Gasteiger partial charge < -0.3 is 15.4 Å². The van der Waals surface area contributed by atoms with Crippen molar-refractivity contribution >= 4 is 17.9 Å². The summed E-state index contributed by atoms with van der Waals surface area (Å²) >= 11 is 0. The van der Waals surface area contributed by atoms with E-state index in [9.17, 15) is 9.59 Å². The van der Waals surface area contributed by atoms with Crippen molar-refractivity contribution in [2.45, 2.75) is 12.8 Å². The van der Waals surface area contributed by atoms with Crippen LogP contribution < -0.4 is 5.73 Å². The molecule has 0 unspecified atom stereocenters. The molecule has 1 aromatic carbocycles. The third-order valence-electron chi connectivity index (χ3n) is 5.11. The number of nitrogens with two attached hydrogens (primary N) is 1. The molecule has 2 aliphatic rings. The van der Waals surface area contributed by atoms with Crippen molar-refractivity contribution in [1.29, 1.82) is 0 Å². The lowest BCUT2D eigenvalue weighted by atomic mass is 9.95. The smallest absolute Gasteiger partial charge is 0.248 e. The molecule has 1 aromatic rings. The molecular weight excluding hydrogens is 330 g/mol. The number of primary amides is 1. The van der Waals surface area contributed by atoms with Crippen molar-refractivity contribution in [1.82, 2.24) is 9.80 Å². The predicted molar refractivity (Wildman–Crippen MR) is 101 cm³/mol. The molecule has 6 heteroatoms. The minimum absolute atomic E-state index is 0.233. The highest BCUT2D eigenvalue weighted by Crippen LogP contribution is 2.20. The fraction of sp³-hybridized carbons (Fsp3) is 0.500. The Hall–Kier alpha value is -2.18. The summed E-state index contributed by atoms with van der Waals surface area (Å²) in [4.78, 5) is 27.7. The third kappa shape index (κ3) is 5.16. The number of carbonyl (C=O) groups excluding carboxylic acids is 2. The van der Waals surface area contributed by atoms with Crippen molar-refractivity contribution in [3.8, 4) is 0 Å². The Labute approximate surface area is 154 Å². The number of rotatable bonds is 5. The Morgan fingerprint density at radius 3 is 2.35 bits per heavy atom. The standard InChI is InChI=1S/C20H27N3O3/c21-20(25)18-5-3-16(4-6-18)1-2-17-7-9-23(10-8-17)19(24)15-22-11-13-26-14-12-22/h1-6,17H,7-15H2,(H2,21,25)/b2-1+. The number of morpholine rings is 1. The van der Waals surface area contributed by atoms with Crippen molar-refractivity contribution in [2.75, 3.05) is 45.9 Å². The van der Waals surface area contributed by atoms with Gasteiger partial charge in [-0.25, -0.2) is 0 Å². The van der Waals surface area contributed by atoms with E-state index < -0.39 is 5.91 Å². The van der Waals surface area contributed by atoms with E-state index in [1.165, 1.54) is 0 Å². The van der Waals surface area contributed by atoms with E-state index in [-0.39, 0.29) is 5.91 Å². The summed E-state index contributed by atoms with van der Waals surface area (Å²) in [6.45, 7) is 5.29. The Balaban J connectivity index is 1.44. The zero-order valence-electron chi connectivity index (χ0n) is 15.1. The summed E-state index contributed by atoms with van der Waals surface area (Å²) in [6.07, 6.45) is 6.28. The molecule has 2 saturated heterocycles. The van der Waals surface area contributed by atoms with Crippen molar-refractivity contribution < 1.29 is 14.3 Å². The van der Waals surface area contributed by atoms with Crippen LogP contribution in [0.5, 0.6) is 0 Å². The molecule has 26 heavy (non-hydrogen) atoms. The molecule has 0 aliphatic carbocycles. The third-order valence-corrected chi connectivity index (χ3v) is 5.11. The van der Waals surface area contributed by atoms with Crippen molar-refractivity contribution in [3.63, 3.8) is 0 Å². The van der Waals surface area contributed by atoms with Gasteiger partial charge in [-0.15, -0.1) is 0 Å². The van der Waals surface area contributed by atoms with Crippen LogP contribution in [0.2, 0.25) is 0 Å². The first-order valence-electron chi connectivity index (χ1n) is 9.28. The SMILES string of the molecule is NC(=O)c1ccc(/C=C/C2CCN(C(=O)CN3CCOCC3)CC2)cc1. The maximum absolute atomic E-state index is 12.4. The van der Waals surface area contributed by atoms with Crippen molar-refractivity contribution in [3.05, 3.63) is 41.5 Å². The summed E-state index contributed by atoms with van der Waals surface area (Å²) in [7, 11) is 0. The molecule has 0 bridgehead atoms. The number of amides is 2. The molecule has 2 amide bonds. The molecular formula is C20H27N3O3. The Morgan fingerprint density at radius 2 is 1.73 bits per heavy atom. The fourth-order valence-corrected chi connectivity index (χ4v) is 3.40. The van der Waals surface area contributed by atoms with Gasteiger partial charge in [0, 0.05) is 31.7 Å². The highest BCUT2D eigenvalue weighted by molar-refractivity contribution is 5.92. The molecule has 2 aliphatic heterocycles. The minimum Gasteiger partial charge on any atom is -0.379 e. The Morgan fingerprint density at radius 1 is 1.08 bits per heavy atom. The van der Waals surface area contributed by atoms with Gasteiger partial charge in [-0.2, -0.15) is 0 Å². The highest BCUT2D eigenvalue weighted by Gasteiger charge is 2.23. The molecule has 140 valence electrons. The second kappa shape index (κ2) is 8.96. The molecule has 0 atom stereocenters. The monoisotopic (exact) mass is 357 g/mol. The first-order valence-corrected chi connectivity index (χ1v) is 9.28. The minimum atomic E-state index is -0.408. The van der Waals surface area contributed by atoms with Gasteiger partial charge in [-0.05, 0) is 36.5 Å². The van der Waals surface area contributed by atoms with E-state index in [2.05, 4.69) is 17.1 Å². The molecule has 2 N–H and O–H groups in total. The van der Waals surface area contributed by atoms with Gasteiger partial charge in [0.05, 0.1) is 19.8 Å². The van der Waals surface area contributed by atoms with E-state index in [0.717, 1.165) is 57.8 Å². The molecule has 2 heterocycles. The number of allylic oxidation sites excluding steroid dienone is 1. The van der Waals surface area contributed by atoms with Crippen LogP contribution in [0.1, 0.15) is 28.8 Å². The number of hydrogen-bond acceptors (Lipinski definition) is 4. The topological polar surface area (TPSA) is 75.9 Å². The van der Waals surface area contributed by atoms with Crippen LogP contribution in [-0.2, 0) is 9.53 Å². The van der Waals surface area contributed by atoms with Gasteiger partial charge >= 0.3 is 0 Å². The van der Waals surface area contributed by atoms with Crippen LogP contribution in [0.3, 0.4) is 0 Å². The summed E-state index contributed by atoms with van der Waals surface area (Å²) < 4.78 is 5.33. The Kier molecular flexibility index (Phi) is 6.41. The lowest BCUT2D eigenvalue weighted by Gasteiger charge is -2.33. The van der Waals surface area contributed by atoms with Crippen LogP contribution in [0.15, 0.2) is 30.3 Å². The number of carbonyl (C=O) groups is 2. The number of ether oxygens (including phenoxy) is 1. The first kappa shape index (κ1) is 18.6. The number of benzene rings is 1. The number of piperidine rings is 1. The van der Waals surface area contributed by atoms with Gasteiger partial charge in [0.2, 0.25) is 11.8 Å². The van der Waals surface area contributed by atoms with Gasteiger partial charge in [0.15, 0.2) is 0 Å². The van der Waals surface area contributed by atoms with Gasteiger partial charge in [-0.3, -0.25) is 14.5 Å². The summed E-state index contributed by atoms with van der Waals surface area (Å²) in [5.41, 5.74) is 6.83. The molecule has 0 saturated carbocycles. The maximum atomic E-state index is 12.4. The first-order chi connectivity index (χ1) is 12.6. The quantitative estimate of drug-likeness (QED) is 0.864. The molecule has 0 radical (unpaired) electrons. The van der Waals surface area contributed by atoms with E-state index in [1.54, 1.807) is 12.1 Å². The number of nitrogens with zero attached hydrogens (tertiary/aromatic N) is 2. The second-order valence-corrected chi connectivity index (χ2v) is 6.95. The van der Waals surface area contributed by atoms with E-state index >= 15 is 0 Å². The van der Waals surface area contributed by atoms with Crippen LogP contribution in [0, 0.1) is 5.92 Å². The van der Waals surface area contributed by atoms with Crippen LogP contribution in [0.4, 0.5) is 0 Å². The van der Waals surface area contributed by atoms with Crippen LogP contribution >= 0.6 is 0 Å². The van der Waals surface area contributed by atoms with Crippen LogP contribution in [0.25, 0.3) is 6.08 Å². The average molecular weight is 357 g/mol. The van der Waals surface area contributed by atoms with Crippen LogP contribution in [-0.4, -0.2) is 67.6 Å². The summed E-state index contributed by atoms with van der Waals surface area (Å²) in [5.74, 6) is 0.310. The Bertz CT molecular complexity index is 643. The fourth-order valence-electron chi connectivity index (χ4n) is 3.40. The summed E-state index contributed by atoms with van der Waals surface area (Å²) in [5, 5.41) is 0. The normalized spacial score (nSPS) is 19.8. The van der Waals surface area contributed by atoms with Gasteiger partial charge in [0.25, 0.3) is 0 Å². The maximum Gasteiger partial charge on any atom is 0.248 e. The zero-order valence-corrected chi connectivity index (χ0v) is 15.1. The van der Waals surface area contributed by atoms with Crippen molar-refractivity contribution in [2.24, 2.45) is 11.7 Å². The largest absolute Gasteiger partial charge is 0.379 e. The zero-order chi connectivity index (χ0) is 18.4. The predicted octanol–water partition coefficient (Wildman–Crippen LogP) is 1.37. The lowest BCUT2D eigenvalue weighted by Crippen LogP contribution is -2.46. The molecule has 2 fully saturated rings. The number of hydrogen-bond donors (Lipinski definition) is 1. The van der Waals surface area contributed by atoms with E-state index in [4.69, 9.17) is 10.5 Å².